The van der Waals surface area contributed by atoms with E-state index >= 15 is 0 Å². The molecule has 8 heteroatoms. The predicted molar refractivity (Wildman–Crippen MR) is 66.6 cm³/mol. The first-order chi connectivity index (χ1) is 9.18. The van der Waals surface area contributed by atoms with E-state index in [1.165, 1.54) is 0 Å². The topological polar surface area (TPSA) is 80.7 Å². The summed E-state index contributed by atoms with van der Waals surface area (Å²) in [5, 5.41) is 8.52. The molecule has 0 bridgehead atoms. The lowest BCUT2D eigenvalue weighted by Crippen LogP contribution is -2.09. The Morgan fingerprint density at radius 2 is 2.00 bits per heavy atom. The van der Waals surface area contributed by atoms with Gasteiger partial charge in [0, 0.05) is 18.2 Å². The highest BCUT2D eigenvalue weighted by Gasteiger charge is 2.25. The normalized spacial score (nSPS) is 11.4. The van der Waals surface area contributed by atoms with Gasteiger partial charge in [0.05, 0.1) is 7.11 Å². The number of hydrogen-bond acceptors (Lipinski definition) is 4. The summed E-state index contributed by atoms with van der Waals surface area (Å²) < 4.78 is 55.2. The van der Waals surface area contributed by atoms with Crippen LogP contribution in [0, 0.1) is 11.6 Å². The average molecular weight is 308 g/mol. The molecular formula is C12H14F2O5S. The van der Waals surface area contributed by atoms with E-state index in [0.717, 1.165) is 13.2 Å². The van der Waals surface area contributed by atoms with Crippen LogP contribution in [0.2, 0.25) is 0 Å². The van der Waals surface area contributed by atoms with E-state index in [9.17, 15) is 22.0 Å². The summed E-state index contributed by atoms with van der Waals surface area (Å²) >= 11 is 0. The Bertz CT molecular complexity index is 625. The minimum atomic E-state index is -4.07. The molecule has 0 atom stereocenters. The summed E-state index contributed by atoms with van der Waals surface area (Å²) in [4.78, 5) is 9.36. The third-order valence-corrected chi connectivity index (χ3v) is 3.74. The van der Waals surface area contributed by atoms with Crippen molar-refractivity contribution in [2.75, 3.05) is 13.4 Å². The van der Waals surface area contributed by atoms with E-state index in [1.54, 1.807) is 0 Å². The number of carbonyl (C=O) groups is 1. The van der Waals surface area contributed by atoms with Crippen LogP contribution in [0.15, 0.2) is 11.0 Å². The van der Waals surface area contributed by atoms with Crippen LogP contribution in [0.4, 0.5) is 8.78 Å². The molecule has 1 aromatic carbocycles. The highest BCUT2D eigenvalue weighted by atomic mass is 32.2. The first-order valence-electron chi connectivity index (χ1n) is 5.65. The Hall–Kier alpha value is -1.70. The van der Waals surface area contributed by atoms with Crippen molar-refractivity contribution < 1.29 is 31.8 Å². The van der Waals surface area contributed by atoms with Gasteiger partial charge in [0.2, 0.25) is 0 Å². The monoisotopic (exact) mass is 308 g/mol. The molecule has 0 unspecified atom stereocenters. The van der Waals surface area contributed by atoms with Gasteiger partial charge in [-0.05, 0) is 18.9 Å². The SMILES string of the molecule is COc1c(CCCC(=O)O)cc(F)c(S(C)(=O)=O)c1F. The molecule has 0 aliphatic rings. The van der Waals surface area contributed by atoms with Crippen molar-refractivity contribution in [2.24, 2.45) is 0 Å². The molecule has 0 saturated heterocycles. The van der Waals surface area contributed by atoms with E-state index in [0.29, 0.717) is 6.26 Å². The van der Waals surface area contributed by atoms with Gasteiger partial charge in [0.25, 0.3) is 0 Å². The molecule has 0 aliphatic heterocycles. The van der Waals surface area contributed by atoms with E-state index < -0.39 is 32.3 Å². The second-order valence-corrected chi connectivity index (χ2v) is 6.17. The number of ether oxygens (including phenoxy) is 1. The highest BCUT2D eigenvalue weighted by Crippen LogP contribution is 2.31. The Morgan fingerprint density at radius 3 is 2.45 bits per heavy atom. The van der Waals surface area contributed by atoms with E-state index in [2.05, 4.69) is 0 Å². The average Bonchev–Trinajstić information content (AvgIpc) is 2.26. The lowest BCUT2D eigenvalue weighted by atomic mass is 10.1. The molecule has 0 amide bonds. The fourth-order valence-electron chi connectivity index (χ4n) is 1.81. The molecule has 1 N–H and O–H groups in total. The van der Waals surface area contributed by atoms with Crippen molar-refractivity contribution in [3.63, 3.8) is 0 Å². The van der Waals surface area contributed by atoms with E-state index in [-0.39, 0.29) is 30.6 Å². The molecule has 0 radical (unpaired) electrons. The number of aliphatic carboxylic acids is 1. The van der Waals surface area contributed by atoms with Crippen molar-refractivity contribution in [3.05, 3.63) is 23.3 Å². The third-order valence-electron chi connectivity index (χ3n) is 2.62. The zero-order chi connectivity index (χ0) is 15.5. The van der Waals surface area contributed by atoms with Gasteiger partial charge in [-0.15, -0.1) is 0 Å². The van der Waals surface area contributed by atoms with Crippen molar-refractivity contribution >= 4 is 15.8 Å². The molecule has 1 rings (SSSR count). The zero-order valence-corrected chi connectivity index (χ0v) is 11.8. The van der Waals surface area contributed by atoms with Crippen LogP contribution < -0.4 is 4.74 Å². The number of aryl methyl sites for hydroxylation is 1. The van der Waals surface area contributed by atoms with Crippen LogP contribution in [0.25, 0.3) is 0 Å². The summed E-state index contributed by atoms with van der Waals surface area (Å²) in [6.45, 7) is 0. The van der Waals surface area contributed by atoms with Crippen LogP contribution in [-0.2, 0) is 21.1 Å². The first-order valence-corrected chi connectivity index (χ1v) is 7.54. The van der Waals surface area contributed by atoms with Gasteiger partial charge >= 0.3 is 5.97 Å². The molecule has 20 heavy (non-hydrogen) atoms. The summed E-state index contributed by atoms with van der Waals surface area (Å²) in [5.41, 5.74) is 0.0937. The van der Waals surface area contributed by atoms with Crippen LogP contribution in [0.3, 0.4) is 0 Å². The second-order valence-electron chi connectivity index (χ2n) is 4.21. The maximum absolute atomic E-state index is 14.0. The third kappa shape index (κ3) is 3.66. The minimum Gasteiger partial charge on any atom is -0.493 e. The number of carboxylic acid groups (broad SMARTS) is 1. The lowest BCUT2D eigenvalue weighted by molar-refractivity contribution is -0.137. The molecule has 5 nitrogen and oxygen atoms in total. The van der Waals surface area contributed by atoms with Gasteiger partial charge in [-0.25, -0.2) is 17.2 Å². The highest BCUT2D eigenvalue weighted by molar-refractivity contribution is 7.90. The number of hydrogen-bond donors (Lipinski definition) is 1. The molecule has 0 fully saturated rings. The Kier molecular flexibility index (Phi) is 5.04. The van der Waals surface area contributed by atoms with Gasteiger partial charge in [-0.1, -0.05) is 0 Å². The number of benzene rings is 1. The minimum absolute atomic E-state index is 0.0629. The molecule has 112 valence electrons. The van der Waals surface area contributed by atoms with Crippen LogP contribution in [-0.4, -0.2) is 32.9 Å². The van der Waals surface area contributed by atoms with Crippen molar-refractivity contribution in [2.45, 2.75) is 24.2 Å². The van der Waals surface area contributed by atoms with Crippen molar-refractivity contribution in [1.29, 1.82) is 0 Å². The molecule has 0 aliphatic carbocycles. The fourth-order valence-corrected chi connectivity index (χ4v) is 2.64. The fraction of sp³-hybridized carbons (Fsp3) is 0.417. The lowest BCUT2D eigenvalue weighted by Gasteiger charge is -2.12. The summed E-state index contributed by atoms with van der Waals surface area (Å²) in [7, 11) is -2.94. The zero-order valence-electron chi connectivity index (χ0n) is 10.9. The number of carboxylic acids is 1. The van der Waals surface area contributed by atoms with Crippen LogP contribution >= 0.6 is 0 Å². The van der Waals surface area contributed by atoms with Crippen LogP contribution in [0.1, 0.15) is 18.4 Å². The molecule has 0 spiro atoms. The van der Waals surface area contributed by atoms with E-state index in [1.807, 2.05) is 0 Å². The van der Waals surface area contributed by atoms with Crippen molar-refractivity contribution in [1.82, 2.24) is 0 Å². The molecule has 1 aromatic rings. The van der Waals surface area contributed by atoms with E-state index in [4.69, 9.17) is 9.84 Å². The molecule has 0 saturated carbocycles. The van der Waals surface area contributed by atoms with Gasteiger partial charge in [-0.3, -0.25) is 4.79 Å². The van der Waals surface area contributed by atoms with Crippen molar-refractivity contribution in [3.8, 4) is 5.75 Å². The summed E-state index contributed by atoms with van der Waals surface area (Å²) in [6.07, 6.45) is 0.744. The second kappa shape index (κ2) is 6.17. The number of halogens is 2. The maximum Gasteiger partial charge on any atom is 0.303 e. The predicted octanol–water partition coefficient (Wildman–Crippen LogP) is 1.78. The molecule has 0 aromatic heterocycles. The van der Waals surface area contributed by atoms with Crippen LogP contribution in [0.5, 0.6) is 5.75 Å². The summed E-state index contributed by atoms with van der Waals surface area (Å²) in [5.74, 6) is -3.91. The molecule has 0 heterocycles. The Balaban J connectivity index is 3.25. The van der Waals surface area contributed by atoms with Gasteiger partial charge < -0.3 is 9.84 Å². The largest absolute Gasteiger partial charge is 0.493 e. The smallest absolute Gasteiger partial charge is 0.303 e. The number of rotatable bonds is 6. The quantitative estimate of drug-likeness (QED) is 0.866. The van der Waals surface area contributed by atoms with Gasteiger partial charge in [0.15, 0.2) is 21.4 Å². The maximum atomic E-state index is 14.0. The Labute approximate surface area is 115 Å². The summed E-state index contributed by atoms with van der Waals surface area (Å²) in [6, 6.07) is 0.861. The standard InChI is InChI=1S/C12H14F2O5S/c1-19-11-7(4-3-5-9(15)16)6-8(13)12(10(11)14)20(2,17)18/h6H,3-5H2,1-2H3,(H,15,16). The molecular weight excluding hydrogens is 294 g/mol. The first kappa shape index (κ1) is 16.4. The van der Waals surface area contributed by atoms with Gasteiger partial charge in [0.1, 0.15) is 10.7 Å². The number of methoxy groups -OCH3 is 1. The number of sulfone groups is 1. The van der Waals surface area contributed by atoms with Gasteiger partial charge in [-0.2, -0.15) is 0 Å². The Morgan fingerprint density at radius 1 is 1.40 bits per heavy atom.